The molecule has 1 amide bonds. The highest BCUT2D eigenvalue weighted by molar-refractivity contribution is 7.09. The highest BCUT2D eigenvalue weighted by Crippen LogP contribution is 2.25. The van der Waals surface area contributed by atoms with Crippen LogP contribution in [-0.4, -0.2) is 32.1 Å². The van der Waals surface area contributed by atoms with Crippen LogP contribution in [0.2, 0.25) is 0 Å². The maximum absolute atomic E-state index is 13.1. The molecule has 5 rings (SSSR count). The van der Waals surface area contributed by atoms with Gasteiger partial charge in [0, 0.05) is 54.5 Å². The molecule has 4 heterocycles. The van der Waals surface area contributed by atoms with Crippen molar-refractivity contribution in [2.75, 3.05) is 6.54 Å². The predicted octanol–water partition coefficient (Wildman–Crippen LogP) is 3.47. The van der Waals surface area contributed by atoms with Crippen molar-refractivity contribution in [1.29, 1.82) is 0 Å². The largest absolute Gasteiger partial charge is 0.472 e. The highest BCUT2D eigenvalue weighted by Gasteiger charge is 2.28. The molecule has 1 N–H and O–H groups in total. The van der Waals surface area contributed by atoms with Crippen LogP contribution in [0.4, 0.5) is 0 Å². The van der Waals surface area contributed by atoms with Crippen LogP contribution in [0.25, 0.3) is 0 Å². The number of fused-ring (bicyclic) bond motifs is 1. The number of nitrogens with zero attached hydrogens (tertiary/aromatic N) is 4. The van der Waals surface area contributed by atoms with Gasteiger partial charge in [0.1, 0.15) is 5.01 Å². The summed E-state index contributed by atoms with van der Waals surface area (Å²) in [6, 6.07) is 12.2. The second kappa shape index (κ2) is 8.87. The number of thiazole rings is 1. The van der Waals surface area contributed by atoms with Gasteiger partial charge in [-0.05, 0) is 11.6 Å². The van der Waals surface area contributed by atoms with Gasteiger partial charge in [0.2, 0.25) is 0 Å². The zero-order chi connectivity index (χ0) is 21.0. The van der Waals surface area contributed by atoms with E-state index in [9.17, 15) is 4.79 Å². The van der Waals surface area contributed by atoms with Crippen molar-refractivity contribution in [2.45, 2.75) is 32.6 Å². The Labute approximate surface area is 184 Å². The van der Waals surface area contributed by atoms with Crippen LogP contribution >= 0.6 is 11.3 Å². The number of hydrogen-bond acceptors (Lipinski definition) is 6. The van der Waals surface area contributed by atoms with Crippen molar-refractivity contribution >= 4 is 17.2 Å². The quantitative estimate of drug-likeness (QED) is 0.483. The highest BCUT2D eigenvalue weighted by atomic mass is 32.1. The Kier molecular flexibility index (Phi) is 5.64. The first-order chi connectivity index (χ1) is 15.3. The molecule has 7 nitrogen and oxygen atoms in total. The standard InChI is InChI=1S/C23H23N5O2S/c29-23(25-12-21-24-8-11-31-21)22-19-15-27(13-18-7-10-30-16-18)9-6-20(19)28(26-22)14-17-4-2-1-3-5-17/h1-5,7-8,10-11,16H,6,9,12-15H2,(H,25,29). The lowest BCUT2D eigenvalue weighted by atomic mass is 10.0. The Hall–Kier alpha value is -3.23. The van der Waals surface area contributed by atoms with Gasteiger partial charge < -0.3 is 9.73 Å². The molecule has 1 aromatic carbocycles. The first-order valence-electron chi connectivity index (χ1n) is 10.3. The molecule has 0 radical (unpaired) electrons. The molecular weight excluding hydrogens is 410 g/mol. The average Bonchev–Trinajstić information content (AvgIpc) is 3.55. The first kappa shape index (κ1) is 19.7. The first-order valence-corrected chi connectivity index (χ1v) is 11.2. The summed E-state index contributed by atoms with van der Waals surface area (Å²) in [7, 11) is 0. The van der Waals surface area contributed by atoms with Gasteiger partial charge in [-0.1, -0.05) is 30.3 Å². The molecule has 1 aliphatic heterocycles. The molecule has 8 heteroatoms. The Morgan fingerprint density at radius 1 is 1.16 bits per heavy atom. The molecule has 0 aliphatic carbocycles. The minimum absolute atomic E-state index is 0.150. The fourth-order valence-electron chi connectivity index (χ4n) is 3.97. The van der Waals surface area contributed by atoms with Gasteiger partial charge in [0.25, 0.3) is 5.91 Å². The molecule has 0 fully saturated rings. The molecule has 0 bridgehead atoms. The lowest BCUT2D eigenvalue weighted by Crippen LogP contribution is -2.32. The fourth-order valence-corrected chi connectivity index (χ4v) is 4.53. The second-order valence-electron chi connectivity index (χ2n) is 7.62. The van der Waals surface area contributed by atoms with Gasteiger partial charge in [-0.3, -0.25) is 14.4 Å². The molecule has 1 aliphatic rings. The number of carbonyl (C=O) groups excluding carboxylic acids is 1. The molecule has 0 unspecified atom stereocenters. The third-order valence-corrected chi connectivity index (χ3v) is 6.25. The zero-order valence-corrected chi connectivity index (χ0v) is 17.8. The molecule has 158 valence electrons. The van der Waals surface area contributed by atoms with Crippen LogP contribution in [0.5, 0.6) is 0 Å². The van der Waals surface area contributed by atoms with Crippen LogP contribution < -0.4 is 5.32 Å². The summed E-state index contributed by atoms with van der Waals surface area (Å²) >= 11 is 1.53. The van der Waals surface area contributed by atoms with Crippen molar-refractivity contribution in [3.63, 3.8) is 0 Å². The van der Waals surface area contributed by atoms with Gasteiger partial charge in [0.15, 0.2) is 5.69 Å². The Morgan fingerprint density at radius 3 is 2.84 bits per heavy atom. The Bertz CT molecular complexity index is 1140. The maximum atomic E-state index is 13.1. The number of aromatic nitrogens is 3. The Morgan fingerprint density at radius 2 is 2.06 bits per heavy atom. The van der Waals surface area contributed by atoms with E-state index in [2.05, 4.69) is 27.3 Å². The van der Waals surface area contributed by atoms with Gasteiger partial charge in [-0.2, -0.15) is 5.10 Å². The monoisotopic (exact) mass is 433 g/mol. The van der Waals surface area contributed by atoms with E-state index >= 15 is 0 Å². The number of hydrogen-bond donors (Lipinski definition) is 1. The van der Waals surface area contributed by atoms with E-state index < -0.39 is 0 Å². The maximum Gasteiger partial charge on any atom is 0.272 e. The minimum atomic E-state index is -0.150. The summed E-state index contributed by atoms with van der Waals surface area (Å²) in [6.07, 6.45) is 6.07. The third kappa shape index (κ3) is 4.45. The fraction of sp³-hybridized carbons (Fsp3) is 0.261. The van der Waals surface area contributed by atoms with E-state index in [1.807, 2.05) is 34.3 Å². The van der Waals surface area contributed by atoms with Crippen LogP contribution in [-0.2, 0) is 32.6 Å². The summed E-state index contributed by atoms with van der Waals surface area (Å²) in [5.41, 5.74) is 4.98. The summed E-state index contributed by atoms with van der Waals surface area (Å²) in [6.45, 7) is 3.47. The molecular formula is C23H23N5O2S. The number of nitrogens with one attached hydrogen (secondary N) is 1. The summed E-state index contributed by atoms with van der Waals surface area (Å²) in [5, 5.41) is 10.5. The lowest BCUT2D eigenvalue weighted by Gasteiger charge is -2.27. The van der Waals surface area contributed by atoms with E-state index in [-0.39, 0.29) is 5.91 Å². The number of amides is 1. The normalized spacial score (nSPS) is 13.8. The molecule has 31 heavy (non-hydrogen) atoms. The molecule has 3 aromatic heterocycles. The number of furan rings is 1. The van der Waals surface area contributed by atoms with Crippen LogP contribution in [0.3, 0.4) is 0 Å². The van der Waals surface area contributed by atoms with Gasteiger partial charge in [-0.25, -0.2) is 4.98 Å². The van der Waals surface area contributed by atoms with Crippen LogP contribution in [0.15, 0.2) is 64.9 Å². The number of carbonyl (C=O) groups is 1. The van der Waals surface area contributed by atoms with Crippen molar-refractivity contribution in [1.82, 2.24) is 25.0 Å². The molecule has 0 saturated carbocycles. The summed E-state index contributed by atoms with van der Waals surface area (Å²) < 4.78 is 7.21. The van der Waals surface area contributed by atoms with Crippen molar-refractivity contribution in [2.24, 2.45) is 0 Å². The summed E-state index contributed by atoms with van der Waals surface area (Å²) in [4.78, 5) is 19.6. The molecule has 0 atom stereocenters. The van der Waals surface area contributed by atoms with Crippen molar-refractivity contribution in [3.8, 4) is 0 Å². The number of rotatable bonds is 7. The van der Waals surface area contributed by atoms with E-state index in [1.54, 1.807) is 18.7 Å². The zero-order valence-electron chi connectivity index (χ0n) is 17.0. The van der Waals surface area contributed by atoms with E-state index in [1.165, 1.54) is 16.9 Å². The van der Waals surface area contributed by atoms with Gasteiger partial charge >= 0.3 is 0 Å². The summed E-state index contributed by atoms with van der Waals surface area (Å²) in [5.74, 6) is -0.150. The van der Waals surface area contributed by atoms with E-state index in [0.717, 1.165) is 41.3 Å². The molecule has 0 spiro atoms. The molecule has 0 saturated heterocycles. The smallest absolute Gasteiger partial charge is 0.272 e. The Balaban J connectivity index is 1.40. The number of benzene rings is 1. The third-order valence-electron chi connectivity index (χ3n) is 5.47. The van der Waals surface area contributed by atoms with Gasteiger partial charge in [0.05, 0.1) is 25.6 Å². The predicted molar refractivity (Wildman–Crippen MR) is 118 cm³/mol. The molecule has 4 aromatic rings. The van der Waals surface area contributed by atoms with Crippen molar-refractivity contribution < 1.29 is 9.21 Å². The average molecular weight is 434 g/mol. The van der Waals surface area contributed by atoms with Crippen LogP contribution in [0.1, 0.15) is 37.9 Å². The topological polar surface area (TPSA) is 76.2 Å². The lowest BCUT2D eigenvalue weighted by molar-refractivity contribution is 0.0942. The second-order valence-corrected chi connectivity index (χ2v) is 8.60. The van der Waals surface area contributed by atoms with Crippen molar-refractivity contribution in [3.05, 3.63) is 93.6 Å². The minimum Gasteiger partial charge on any atom is -0.472 e. The SMILES string of the molecule is O=C(NCc1nccs1)c1nn(Cc2ccccc2)c2c1CN(Cc1ccoc1)CC2. The van der Waals surface area contributed by atoms with E-state index in [4.69, 9.17) is 9.52 Å². The van der Waals surface area contributed by atoms with Crippen LogP contribution in [0, 0.1) is 0 Å². The van der Waals surface area contributed by atoms with Gasteiger partial charge in [-0.15, -0.1) is 11.3 Å². The van der Waals surface area contributed by atoms with E-state index in [0.29, 0.717) is 25.3 Å².